The lowest BCUT2D eigenvalue weighted by molar-refractivity contribution is 0.318. The maximum absolute atomic E-state index is 13.8. The second-order valence-corrected chi connectivity index (χ2v) is 4.44. The Morgan fingerprint density at radius 3 is 2.86 bits per heavy atom. The van der Waals surface area contributed by atoms with Crippen LogP contribution in [0.3, 0.4) is 0 Å². The summed E-state index contributed by atoms with van der Waals surface area (Å²) in [4.78, 5) is 3.92. The second-order valence-electron chi connectivity index (χ2n) is 4.44. The molecule has 2 aromatic rings. The van der Waals surface area contributed by atoms with Crippen molar-refractivity contribution in [2.24, 2.45) is 10.9 Å². The highest BCUT2D eigenvalue weighted by atomic mass is 19.1. The number of benzene rings is 1. The van der Waals surface area contributed by atoms with E-state index in [1.807, 2.05) is 0 Å². The summed E-state index contributed by atoms with van der Waals surface area (Å²) in [6, 6.07) is 5.80. The molecule has 1 aromatic heterocycles. The smallest absolute Gasteiger partial charge is 0.188 e. The van der Waals surface area contributed by atoms with Crippen LogP contribution in [0.15, 0.2) is 35.6 Å². The minimum Gasteiger partial charge on any atom is -0.409 e. The number of nitrogens with two attached hydrogens (primary N) is 1. The number of nitrogens with one attached hydrogen (secondary N) is 1. The molecule has 0 aliphatic rings. The molecule has 1 heterocycles. The molecule has 0 fully saturated rings. The van der Waals surface area contributed by atoms with Crippen LogP contribution in [0, 0.1) is 18.6 Å². The van der Waals surface area contributed by atoms with Gasteiger partial charge in [0.15, 0.2) is 11.7 Å². The van der Waals surface area contributed by atoms with Crippen molar-refractivity contribution in [3.05, 3.63) is 58.9 Å². The van der Waals surface area contributed by atoms with Gasteiger partial charge in [-0.3, -0.25) is 4.98 Å². The van der Waals surface area contributed by atoms with Crippen molar-refractivity contribution < 1.29 is 14.0 Å². The quantitative estimate of drug-likeness (QED) is 0.349. The van der Waals surface area contributed by atoms with Crippen LogP contribution < -0.4 is 11.1 Å². The largest absolute Gasteiger partial charge is 0.409 e. The Hall–Kier alpha value is -2.70. The number of rotatable bonds is 4. The normalized spacial score (nSPS) is 11.5. The average Bonchev–Trinajstić information content (AvgIpc) is 2.50. The van der Waals surface area contributed by atoms with Gasteiger partial charge in [0, 0.05) is 12.7 Å². The van der Waals surface area contributed by atoms with E-state index in [0.29, 0.717) is 11.1 Å². The van der Waals surface area contributed by atoms with Crippen LogP contribution in [-0.4, -0.2) is 16.0 Å². The molecular formula is C14H14F2N4O. The molecule has 0 atom stereocenters. The lowest BCUT2D eigenvalue weighted by atomic mass is 10.1. The first-order valence-corrected chi connectivity index (χ1v) is 6.14. The van der Waals surface area contributed by atoms with Gasteiger partial charge in [0.2, 0.25) is 0 Å². The molecule has 0 amide bonds. The van der Waals surface area contributed by atoms with Gasteiger partial charge in [0.1, 0.15) is 17.2 Å². The highest BCUT2D eigenvalue weighted by Gasteiger charge is 2.11. The van der Waals surface area contributed by atoms with Gasteiger partial charge in [-0.15, -0.1) is 0 Å². The van der Waals surface area contributed by atoms with Crippen molar-refractivity contribution in [1.29, 1.82) is 0 Å². The van der Waals surface area contributed by atoms with Crippen LogP contribution in [0.1, 0.15) is 16.8 Å². The Morgan fingerprint density at radius 1 is 1.38 bits per heavy atom. The first-order chi connectivity index (χ1) is 10.0. The summed E-state index contributed by atoms with van der Waals surface area (Å²) in [5.41, 5.74) is 6.57. The standard InChI is InChI=1S/C14H14F2N4O/c1-8-2-3-10(15)13(12(8)16)19-7-9-4-5-18-11(6-9)14(17)20-21/h2-6,19,21H,7H2,1H3,(H2,17,20). The summed E-state index contributed by atoms with van der Waals surface area (Å²) in [7, 11) is 0. The number of oxime groups is 1. The van der Waals surface area contributed by atoms with E-state index in [9.17, 15) is 8.78 Å². The van der Waals surface area contributed by atoms with E-state index in [2.05, 4.69) is 15.5 Å². The fraction of sp³-hybridized carbons (Fsp3) is 0.143. The van der Waals surface area contributed by atoms with Crippen molar-refractivity contribution in [3.8, 4) is 0 Å². The van der Waals surface area contributed by atoms with E-state index in [0.717, 1.165) is 0 Å². The predicted octanol–water partition coefficient (Wildman–Crippen LogP) is 2.37. The fourth-order valence-corrected chi connectivity index (χ4v) is 1.78. The molecule has 2 rings (SSSR count). The minimum atomic E-state index is -0.663. The van der Waals surface area contributed by atoms with Gasteiger partial charge in [0.05, 0.1) is 0 Å². The zero-order chi connectivity index (χ0) is 15.4. The molecule has 110 valence electrons. The molecule has 1 aromatic carbocycles. The summed E-state index contributed by atoms with van der Waals surface area (Å²) in [5.74, 6) is -1.42. The Labute approximate surface area is 120 Å². The van der Waals surface area contributed by atoms with Crippen LogP contribution >= 0.6 is 0 Å². The SMILES string of the molecule is Cc1ccc(F)c(NCc2ccnc(/C(N)=N/O)c2)c1F. The van der Waals surface area contributed by atoms with Crippen molar-refractivity contribution in [2.45, 2.75) is 13.5 Å². The molecule has 0 saturated heterocycles. The average molecular weight is 292 g/mol. The van der Waals surface area contributed by atoms with Crippen molar-refractivity contribution in [1.82, 2.24) is 4.98 Å². The Morgan fingerprint density at radius 2 is 2.14 bits per heavy atom. The molecule has 5 nitrogen and oxygen atoms in total. The number of anilines is 1. The molecule has 0 aliphatic carbocycles. The van der Waals surface area contributed by atoms with Crippen LogP contribution in [0.5, 0.6) is 0 Å². The van der Waals surface area contributed by atoms with Crippen molar-refractivity contribution >= 4 is 11.5 Å². The molecule has 21 heavy (non-hydrogen) atoms. The van der Waals surface area contributed by atoms with Gasteiger partial charge in [-0.1, -0.05) is 11.2 Å². The maximum atomic E-state index is 13.8. The monoisotopic (exact) mass is 292 g/mol. The van der Waals surface area contributed by atoms with Gasteiger partial charge >= 0.3 is 0 Å². The number of aromatic nitrogens is 1. The zero-order valence-electron chi connectivity index (χ0n) is 11.3. The molecule has 0 unspecified atom stereocenters. The van der Waals surface area contributed by atoms with E-state index >= 15 is 0 Å². The first kappa shape index (κ1) is 14.7. The highest BCUT2D eigenvalue weighted by Crippen LogP contribution is 2.22. The Balaban J connectivity index is 2.19. The van der Waals surface area contributed by atoms with E-state index in [1.54, 1.807) is 19.1 Å². The number of amidine groups is 1. The lowest BCUT2D eigenvalue weighted by Crippen LogP contribution is -2.15. The van der Waals surface area contributed by atoms with Gasteiger partial charge in [0.25, 0.3) is 0 Å². The summed E-state index contributed by atoms with van der Waals surface area (Å²) < 4.78 is 27.4. The van der Waals surface area contributed by atoms with Gasteiger partial charge < -0.3 is 16.3 Å². The predicted molar refractivity (Wildman–Crippen MR) is 75.2 cm³/mol. The van der Waals surface area contributed by atoms with Gasteiger partial charge in [-0.2, -0.15) is 0 Å². The highest BCUT2D eigenvalue weighted by molar-refractivity contribution is 5.95. The molecule has 0 radical (unpaired) electrons. The molecular weight excluding hydrogens is 278 g/mol. The molecule has 7 heteroatoms. The van der Waals surface area contributed by atoms with Crippen LogP contribution in [0.4, 0.5) is 14.5 Å². The molecule has 0 aliphatic heterocycles. The van der Waals surface area contributed by atoms with Gasteiger partial charge in [-0.25, -0.2) is 8.78 Å². The third-order valence-electron chi connectivity index (χ3n) is 2.95. The maximum Gasteiger partial charge on any atom is 0.188 e. The van der Waals surface area contributed by atoms with E-state index in [-0.39, 0.29) is 23.8 Å². The van der Waals surface area contributed by atoms with E-state index < -0.39 is 11.6 Å². The van der Waals surface area contributed by atoms with Crippen LogP contribution in [-0.2, 0) is 6.54 Å². The first-order valence-electron chi connectivity index (χ1n) is 6.14. The number of pyridine rings is 1. The third-order valence-corrected chi connectivity index (χ3v) is 2.95. The van der Waals surface area contributed by atoms with Crippen LogP contribution in [0.25, 0.3) is 0 Å². The number of nitrogens with zero attached hydrogens (tertiary/aromatic N) is 2. The molecule has 0 saturated carbocycles. The summed E-state index contributed by atoms with van der Waals surface area (Å²) in [5, 5.41) is 14.1. The fourth-order valence-electron chi connectivity index (χ4n) is 1.78. The summed E-state index contributed by atoms with van der Waals surface area (Å²) in [6.45, 7) is 1.73. The topological polar surface area (TPSA) is 83.5 Å². The lowest BCUT2D eigenvalue weighted by Gasteiger charge is -2.11. The third kappa shape index (κ3) is 3.25. The number of aryl methyl sites for hydroxylation is 1. The Bertz CT molecular complexity index is 689. The Kier molecular flexibility index (Phi) is 4.32. The number of hydrogen-bond donors (Lipinski definition) is 3. The van der Waals surface area contributed by atoms with Gasteiger partial charge in [-0.05, 0) is 36.2 Å². The van der Waals surface area contributed by atoms with Crippen molar-refractivity contribution in [2.75, 3.05) is 5.32 Å². The second kappa shape index (κ2) is 6.17. The summed E-state index contributed by atoms with van der Waals surface area (Å²) in [6.07, 6.45) is 1.47. The van der Waals surface area contributed by atoms with Crippen molar-refractivity contribution in [3.63, 3.8) is 0 Å². The number of halogens is 2. The van der Waals surface area contributed by atoms with Crippen LogP contribution in [0.2, 0.25) is 0 Å². The molecule has 4 N–H and O–H groups in total. The molecule has 0 spiro atoms. The summed E-state index contributed by atoms with van der Waals surface area (Å²) >= 11 is 0. The van der Waals surface area contributed by atoms with E-state index in [1.165, 1.54) is 18.3 Å². The minimum absolute atomic E-state index is 0.134. The molecule has 0 bridgehead atoms. The number of hydrogen-bond acceptors (Lipinski definition) is 4. The van der Waals surface area contributed by atoms with E-state index in [4.69, 9.17) is 10.9 Å². The zero-order valence-corrected chi connectivity index (χ0v) is 11.3.